The molecule has 0 unspecified atom stereocenters. The lowest BCUT2D eigenvalue weighted by molar-refractivity contribution is 0.228. The second kappa shape index (κ2) is 8.45. The van der Waals surface area contributed by atoms with Crippen molar-refractivity contribution < 1.29 is 22.0 Å². The van der Waals surface area contributed by atoms with Gasteiger partial charge in [0.1, 0.15) is 0 Å². The summed E-state index contributed by atoms with van der Waals surface area (Å²) in [6, 6.07) is 6.38. The van der Waals surface area contributed by atoms with E-state index in [1.165, 1.54) is 18.3 Å². The molecule has 9 heteroatoms. The van der Waals surface area contributed by atoms with Crippen molar-refractivity contribution in [2.75, 3.05) is 13.2 Å². The molecule has 0 bridgehead atoms. The van der Waals surface area contributed by atoms with Crippen molar-refractivity contribution >= 4 is 17.6 Å². The van der Waals surface area contributed by atoms with E-state index in [-0.39, 0.29) is 18.1 Å². The van der Waals surface area contributed by atoms with Crippen LogP contribution in [0.15, 0.2) is 41.2 Å². The van der Waals surface area contributed by atoms with Crippen molar-refractivity contribution in [2.45, 2.75) is 25.7 Å². The molecule has 0 fully saturated rings. The van der Waals surface area contributed by atoms with Crippen LogP contribution in [0.1, 0.15) is 19.4 Å². The van der Waals surface area contributed by atoms with Gasteiger partial charge in [-0.1, -0.05) is 17.7 Å². The number of hydrazine groups is 1. The van der Waals surface area contributed by atoms with Crippen LogP contribution in [0.4, 0.5) is 0 Å². The van der Waals surface area contributed by atoms with Crippen LogP contribution < -0.4 is 10.3 Å². The Morgan fingerprint density at radius 1 is 1.14 bits per heavy atom. The maximum atomic E-state index is 12.1. The van der Waals surface area contributed by atoms with Crippen molar-refractivity contribution in [3.63, 3.8) is 0 Å². The second-order valence-electron chi connectivity index (χ2n) is 4.25. The minimum Gasteiger partial charge on any atom is -0.315 e. The summed E-state index contributed by atoms with van der Waals surface area (Å²) in [7, 11) is -7.06. The minimum absolute atomic E-state index is 0.122. The molecule has 0 amide bonds. The fraction of sp³-hybridized carbons (Fsp3) is 0.385. The van der Waals surface area contributed by atoms with Gasteiger partial charge in [-0.2, -0.15) is 0 Å². The predicted octanol–water partition coefficient (Wildman–Crippen LogP) is 2.52. The summed E-state index contributed by atoms with van der Waals surface area (Å²) in [6.07, 6.45) is 1.18. The van der Waals surface area contributed by atoms with Crippen LogP contribution in [0.25, 0.3) is 0 Å². The highest BCUT2D eigenvalue weighted by Gasteiger charge is 2.19. The first-order chi connectivity index (χ1) is 10.3. The number of benzene rings is 1. The largest absolute Gasteiger partial charge is 0.355 e. The maximum absolute atomic E-state index is 12.1. The van der Waals surface area contributed by atoms with Crippen molar-refractivity contribution in [3.05, 3.63) is 41.8 Å². The Morgan fingerprint density at radius 3 is 2.18 bits per heavy atom. The molecule has 124 valence electrons. The number of sulfonamides is 1. The molecule has 0 heterocycles. The first kappa shape index (κ1) is 18.9. The molecule has 2 N–H and O–H groups in total. The fourth-order valence-corrected chi connectivity index (χ4v) is 3.56. The van der Waals surface area contributed by atoms with E-state index < -0.39 is 17.6 Å². The van der Waals surface area contributed by atoms with E-state index in [4.69, 9.17) is 9.05 Å². The molecular weight excluding hydrogens is 327 g/mol. The molecule has 1 aromatic carbocycles. The smallest absolute Gasteiger partial charge is 0.315 e. The fourth-order valence-electron chi connectivity index (χ4n) is 1.50. The van der Waals surface area contributed by atoms with E-state index >= 15 is 0 Å². The minimum atomic E-state index is -3.70. The van der Waals surface area contributed by atoms with Crippen LogP contribution in [0, 0.1) is 6.92 Å². The van der Waals surface area contributed by atoms with Crippen molar-refractivity contribution in [1.29, 1.82) is 0 Å². The number of nitrogens with one attached hydrogen (secondary N) is 2. The van der Waals surface area contributed by atoms with Gasteiger partial charge in [0, 0.05) is 12.0 Å². The number of aryl methyl sites for hydroxylation is 1. The Kier molecular flexibility index (Phi) is 7.25. The average molecular weight is 348 g/mol. The van der Waals surface area contributed by atoms with E-state index in [1.54, 1.807) is 26.0 Å². The highest BCUT2D eigenvalue weighted by molar-refractivity contribution is 7.89. The summed E-state index contributed by atoms with van der Waals surface area (Å²) in [5.41, 5.74) is 3.32. The molecule has 1 aromatic rings. The Hall–Kier alpha value is -1.18. The van der Waals surface area contributed by atoms with Gasteiger partial charge in [0.25, 0.3) is 10.0 Å². The topological polar surface area (TPSA) is 93.7 Å². The predicted molar refractivity (Wildman–Crippen MR) is 84.6 cm³/mol. The third-order valence-electron chi connectivity index (χ3n) is 2.48. The molecule has 0 spiro atoms. The van der Waals surface area contributed by atoms with Crippen molar-refractivity contribution in [2.24, 2.45) is 0 Å². The van der Waals surface area contributed by atoms with Gasteiger partial charge in [-0.3, -0.25) is 4.57 Å². The molecule has 0 saturated carbocycles. The zero-order valence-corrected chi connectivity index (χ0v) is 14.5. The quantitative estimate of drug-likeness (QED) is 0.526. The lowest BCUT2D eigenvalue weighted by Gasteiger charge is -2.12. The monoisotopic (exact) mass is 348 g/mol. The first-order valence-corrected chi connectivity index (χ1v) is 9.83. The molecular formula is C13H21N2O5PS. The molecule has 7 nitrogen and oxygen atoms in total. The van der Waals surface area contributed by atoms with Crippen LogP contribution in [0.5, 0.6) is 0 Å². The summed E-state index contributed by atoms with van der Waals surface area (Å²) in [6.45, 7) is 5.68. The summed E-state index contributed by atoms with van der Waals surface area (Å²) < 4.78 is 46.1. The standard InChI is InChI=1S/C13H21N2O5PS/c1-4-19-21(16,20-5-2)11-10-14-15-22(17,18)13-8-6-12(3)7-9-13/h6-11,14-15H,4-5H2,1-3H3. The summed E-state index contributed by atoms with van der Waals surface area (Å²) >= 11 is 0. The number of rotatable bonds is 9. The van der Waals surface area contributed by atoms with Crippen LogP contribution in [0.3, 0.4) is 0 Å². The normalized spacial score (nSPS) is 12.7. The van der Waals surface area contributed by atoms with Gasteiger partial charge >= 0.3 is 7.60 Å². The first-order valence-electron chi connectivity index (χ1n) is 6.73. The van der Waals surface area contributed by atoms with Crippen LogP contribution in [-0.2, 0) is 23.6 Å². The lowest BCUT2D eigenvalue weighted by Crippen LogP contribution is -2.33. The van der Waals surface area contributed by atoms with Crippen molar-refractivity contribution in [3.8, 4) is 0 Å². The summed E-state index contributed by atoms with van der Waals surface area (Å²) in [4.78, 5) is 2.28. The lowest BCUT2D eigenvalue weighted by atomic mass is 10.2. The molecule has 0 aliphatic rings. The molecule has 0 saturated heterocycles. The Balaban J connectivity index is 2.67. The average Bonchev–Trinajstić information content (AvgIpc) is 2.45. The Bertz CT molecular complexity index is 633. The van der Waals surface area contributed by atoms with Gasteiger partial charge < -0.3 is 14.5 Å². The Morgan fingerprint density at radius 2 is 1.68 bits per heavy atom. The number of hydrogen-bond donors (Lipinski definition) is 2. The highest BCUT2D eigenvalue weighted by atomic mass is 32.2. The molecule has 0 aliphatic carbocycles. The van der Waals surface area contributed by atoms with Gasteiger partial charge in [0.05, 0.1) is 18.1 Å². The summed E-state index contributed by atoms with van der Waals surface area (Å²) in [5.74, 6) is 1.16. The van der Waals surface area contributed by atoms with E-state index in [9.17, 15) is 13.0 Å². The highest BCUT2D eigenvalue weighted by Crippen LogP contribution is 2.49. The maximum Gasteiger partial charge on any atom is 0.355 e. The van der Waals surface area contributed by atoms with Gasteiger partial charge in [-0.25, -0.2) is 8.42 Å². The molecule has 1 rings (SSSR count). The van der Waals surface area contributed by atoms with Crippen LogP contribution in [-0.4, -0.2) is 21.6 Å². The molecule has 0 aromatic heterocycles. The molecule has 0 atom stereocenters. The molecule has 22 heavy (non-hydrogen) atoms. The second-order valence-corrected chi connectivity index (χ2v) is 7.83. The van der Waals surface area contributed by atoms with Gasteiger partial charge in [0.15, 0.2) is 0 Å². The zero-order valence-electron chi connectivity index (χ0n) is 12.8. The van der Waals surface area contributed by atoms with E-state index in [0.717, 1.165) is 11.4 Å². The summed E-state index contributed by atoms with van der Waals surface area (Å²) in [5, 5.41) is 0. The third-order valence-corrected chi connectivity index (χ3v) is 5.51. The van der Waals surface area contributed by atoms with Gasteiger partial charge in [-0.15, -0.1) is 4.83 Å². The van der Waals surface area contributed by atoms with Gasteiger partial charge in [-0.05, 0) is 32.9 Å². The van der Waals surface area contributed by atoms with E-state index in [0.29, 0.717) is 0 Å². The zero-order chi connectivity index (χ0) is 16.6. The number of hydrogen-bond acceptors (Lipinski definition) is 6. The SMILES string of the molecule is CCOP(=O)(C=CNNS(=O)(=O)c1ccc(C)cc1)OCC. The van der Waals surface area contributed by atoms with Crippen LogP contribution in [0.2, 0.25) is 0 Å². The third kappa shape index (κ3) is 5.90. The van der Waals surface area contributed by atoms with E-state index in [1.807, 2.05) is 6.92 Å². The molecule has 0 radical (unpaired) electrons. The molecule has 0 aliphatic heterocycles. The van der Waals surface area contributed by atoms with Crippen molar-refractivity contribution in [1.82, 2.24) is 10.3 Å². The Labute approximate surface area is 131 Å². The van der Waals surface area contributed by atoms with E-state index in [2.05, 4.69) is 10.3 Å². The van der Waals surface area contributed by atoms with Gasteiger partial charge in [0.2, 0.25) is 0 Å². The van der Waals surface area contributed by atoms with Crippen LogP contribution >= 0.6 is 7.60 Å².